The number of para-hydroxylation sites is 2. The second-order valence-electron chi connectivity index (χ2n) is 8.49. The lowest BCUT2D eigenvalue weighted by atomic mass is 9.87. The Balaban J connectivity index is 0.00000256. The molecule has 2 aromatic carbocycles. The van der Waals surface area contributed by atoms with Crippen LogP contribution in [0.3, 0.4) is 0 Å². The maximum atomic E-state index is 10.5. The second kappa shape index (κ2) is 8.54. The van der Waals surface area contributed by atoms with Gasteiger partial charge in [0.2, 0.25) is 5.62 Å². The molecule has 0 fully saturated rings. The molecule has 4 rings (SSSR count). The molecule has 2 aromatic heterocycles. The van der Waals surface area contributed by atoms with Gasteiger partial charge in [0.1, 0.15) is 11.9 Å². The van der Waals surface area contributed by atoms with Crippen LogP contribution >= 0.6 is 0 Å². The predicted octanol–water partition coefficient (Wildman–Crippen LogP) is 1.60. The summed E-state index contributed by atoms with van der Waals surface area (Å²) in [7, 11) is 0. The van der Waals surface area contributed by atoms with E-state index in [9.17, 15) is 5.11 Å². The van der Waals surface area contributed by atoms with Crippen molar-refractivity contribution in [3.8, 4) is 0 Å². The highest BCUT2D eigenvalue weighted by Gasteiger charge is 2.17. The first kappa shape index (κ1) is 21.9. The van der Waals surface area contributed by atoms with E-state index in [0.717, 1.165) is 16.6 Å². The number of aliphatic hydroxyl groups is 1. The molecule has 2 heterocycles. The number of fused-ring (bicyclic) bond motifs is 1. The lowest BCUT2D eigenvalue weighted by Crippen LogP contribution is -3.00. The number of nitrogens with zero attached hydrogens (tertiary/aromatic N) is 2. The average molecular weight is 425 g/mol. The van der Waals surface area contributed by atoms with Crippen LogP contribution < -0.4 is 18.0 Å². The Bertz CT molecular complexity index is 1170. The Morgan fingerprint density at radius 2 is 1.57 bits per heavy atom. The van der Waals surface area contributed by atoms with Gasteiger partial charge in [-0.2, -0.15) is 0 Å². The van der Waals surface area contributed by atoms with E-state index < -0.39 is 6.10 Å². The van der Waals surface area contributed by atoms with E-state index in [1.165, 1.54) is 5.56 Å². The molecule has 0 radical (unpaired) electrons. The molecule has 30 heavy (non-hydrogen) atoms. The molecule has 158 valence electrons. The molecule has 0 aliphatic rings. The predicted molar refractivity (Wildman–Crippen MR) is 114 cm³/mol. The van der Waals surface area contributed by atoms with Crippen molar-refractivity contribution in [1.82, 2.24) is 9.13 Å². The molecule has 4 aromatic rings. The highest BCUT2D eigenvalue weighted by Crippen LogP contribution is 2.23. The SMILES string of the molecule is CC(C)(C)c1ccc(Cn2c(=N)n(CC(O)c3ccco3)c3ccccc32)cc1.[Cl-]. The van der Waals surface area contributed by atoms with Gasteiger partial charge in [0, 0.05) is 0 Å². The third-order valence-corrected chi connectivity index (χ3v) is 5.36. The zero-order valence-electron chi connectivity index (χ0n) is 17.5. The minimum Gasteiger partial charge on any atom is -1.00 e. The molecule has 2 N–H and O–H groups in total. The number of aliphatic hydroxyl groups excluding tert-OH is 1. The largest absolute Gasteiger partial charge is 1.00 e. The first-order valence-electron chi connectivity index (χ1n) is 9.88. The first-order valence-corrected chi connectivity index (χ1v) is 9.88. The first-order chi connectivity index (χ1) is 13.8. The summed E-state index contributed by atoms with van der Waals surface area (Å²) in [5.74, 6) is 0.506. The summed E-state index contributed by atoms with van der Waals surface area (Å²) in [6.07, 6.45) is 0.749. The lowest BCUT2D eigenvalue weighted by molar-refractivity contribution is -0.00000843. The number of hydrogen-bond acceptors (Lipinski definition) is 3. The van der Waals surface area contributed by atoms with Crippen molar-refractivity contribution >= 4 is 11.0 Å². The number of benzene rings is 2. The lowest BCUT2D eigenvalue weighted by Gasteiger charge is -2.19. The van der Waals surface area contributed by atoms with Gasteiger partial charge in [-0.05, 0) is 40.8 Å². The molecule has 0 amide bonds. The number of furan rings is 1. The van der Waals surface area contributed by atoms with Crippen LogP contribution in [0, 0.1) is 5.41 Å². The number of nitrogens with one attached hydrogen (secondary N) is 1. The van der Waals surface area contributed by atoms with E-state index in [-0.39, 0.29) is 24.4 Å². The van der Waals surface area contributed by atoms with Gasteiger partial charge in [-0.1, -0.05) is 57.2 Å². The second-order valence-corrected chi connectivity index (χ2v) is 8.49. The minimum atomic E-state index is -0.801. The van der Waals surface area contributed by atoms with Crippen LogP contribution in [0.4, 0.5) is 0 Å². The van der Waals surface area contributed by atoms with Gasteiger partial charge in [0.25, 0.3) is 0 Å². The normalized spacial score (nSPS) is 12.7. The van der Waals surface area contributed by atoms with Gasteiger partial charge in [0.15, 0.2) is 0 Å². The van der Waals surface area contributed by atoms with Crippen LogP contribution in [0.25, 0.3) is 11.0 Å². The summed E-state index contributed by atoms with van der Waals surface area (Å²) in [6, 6.07) is 20.1. The average Bonchev–Trinajstić information content (AvgIpc) is 3.31. The summed E-state index contributed by atoms with van der Waals surface area (Å²) in [5, 5.41) is 19.3. The van der Waals surface area contributed by atoms with Crippen molar-refractivity contribution in [2.24, 2.45) is 0 Å². The fourth-order valence-electron chi connectivity index (χ4n) is 3.68. The number of hydrogen-bond donors (Lipinski definition) is 2. The maximum Gasteiger partial charge on any atom is 0.203 e. The van der Waals surface area contributed by atoms with Gasteiger partial charge in [-0.3, -0.25) is 5.41 Å². The Hall–Kier alpha value is -2.76. The van der Waals surface area contributed by atoms with Gasteiger partial charge in [-0.25, -0.2) is 0 Å². The zero-order chi connectivity index (χ0) is 20.6. The molecule has 0 saturated heterocycles. The van der Waals surface area contributed by atoms with Crippen molar-refractivity contribution in [2.45, 2.75) is 45.4 Å². The van der Waals surface area contributed by atoms with E-state index in [1.807, 2.05) is 33.4 Å². The van der Waals surface area contributed by atoms with E-state index >= 15 is 0 Å². The quantitative estimate of drug-likeness (QED) is 0.511. The molecule has 0 bridgehead atoms. The number of halogens is 1. The van der Waals surface area contributed by atoms with Crippen molar-refractivity contribution in [1.29, 1.82) is 5.41 Å². The fourth-order valence-corrected chi connectivity index (χ4v) is 3.68. The van der Waals surface area contributed by atoms with Crippen LogP contribution in [0.2, 0.25) is 0 Å². The third-order valence-electron chi connectivity index (χ3n) is 5.36. The zero-order valence-corrected chi connectivity index (χ0v) is 18.2. The van der Waals surface area contributed by atoms with Gasteiger partial charge in [0.05, 0.1) is 30.4 Å². The van der Waals surface area contributed by atoms with Gasteiger partial charge in [-0.15, -0.1) is 0 Å². The van der Waals surface area contributed by atoms with Gasteiger partial charge < -0.3 is 31.1 Å². The highest BCUT2D eigenvalue weighted by molar-refractivity contribution is 5.76. The number of imidazole rings is 1. The monoisotopic (exact) mass is 424 g/mol. The van der Waals surface area contributed by atoms with Crippen molar-refractivity contribution in [3.05, 3.63) is 89.4 Å². The Kier molecular flexibility index (Phi) is 6.25. The summed E-state index contributed by atoms with van der Waals surface area (Å²) >= 11 is 0. The van der Waals surface area contributed by atoms with Crippen LogP contribution in [-0.4, -0.2) is 14.2 Å². The summed E-state index contributed by atoms with van der Waals surface area (Å²) in [4.78, 5) is 0. The van der Waals surface area contributed by atoms with Crippen molar-refractivity contribution in [3.63, 3.8) is 0 Å². The summed E-state index contributed by atoms with van der Waals surface area (Å²) in [6.45, 7) is 7.49. The number of aromatic nitrogens is 2. The third kappa shape index (κ3) is 4.23. The molecule has 1 unspecified atom stereocenters. The molecular formula is C24H27ClN3O2-. The Morgan fingerprint density at radius 3 is 2.13 bits per heavy atom. The summed E-state index contributed by atoms with van der Waals surface area (Å²) in [5.41, 5.74) is 4.81. The molecule has 5 nitrogen and oxygen atoms in total. The molecular weight excluding hydrogens is 398 g/mol. The van der Waals surface area contributed by atoms with Crippen molar-refractivity contribution in [2.75, 3.05) is 0 Å². The number of rotatable bonds is 5. The molecule has 0 aliphatic carbocycles. The van der Waals surface area contributed by atoms with E-state index in [4.69, 9.17) is 9.83 Å². The van der Waals surface area contributed by atoms with Crippen LogP contribution in [0.5, 0.6) is 0 Å². The maximum absolute atomic E-state index is 10.5. The Labute approximate surface area is 182 Å². The van der Waals surface area contributed by atoms with Crippen LogP contribution in [0.1, 0.15) is 43.8 Å². The molecule has 1 atom stereocenters. The molecule has 6 heteroatoms. The smallest absolute Gasteiger partial charge is 0.203 e. The van der Waals surface area contributed by atoms with E-state index in [2.05, 4.69) is 45.0 Å². The van der Waals surface area contributed by atoms with Crippen LogP contribution in [0.15, 0.2) is 71.3 Å². The van der Waals surface area contributed by atoms with E-state index in [1.54, 1.807) is 18.4 Å². The van der Waals surface area contributed by atoms with E-state index in [0.29, 0.717) is 17.9 Å². The molecule has 0 saturated carbocycles. The molecule has 0 aliphatic heterocycles. The van der Waals surface area contributed by atoms with Crippen molar-refractivity contribution < 1.29 is 21.9 Å². The topological polar surface area (TPSA) is 67.1 Å². The van der Waals surface area contributed by atoms with Crippen LogP contribution in [-0.2, 0) is 18.5 Å². The Morgan fingerprint density at radius 1 is 0.933 bits per heavy atom. The molecule has 0 spiro atoms. The summed E-state index contributed by atoms with van der Waals surface area (Å²) < 4.78 is 9.15. The standard InChI is InChI=1S/C24H27N3O2.ClH/c1-24(2,3)18-12-10-17(11-13-18)15-26-19-7-4-5-8-20(19)27(23(26)25)16-21(28)22-9-6-14-29-22;/h4-14,21,25,28H,15-16H2,1-3H3;1H/p-1. The fraction of sp³-hybridized carbons (Fsp3) is 0.292. The minimum absolute atomic E-state index is 0. The van der Waals surface area contributed by atoms with Gasteiger partial charge >= 0.3 is 0 Å². The highest BCUT2D eigenvalue weighted by atomic mass is 35.5.